The number of nitrogens with one attached hydrogen (secondary N) is 1. The molecule has 1 amide bonds. The third-order valence-corrected chi connectivity index (χ3v) is 5.87. The van der Waals surface area contributed by atoms with Gasteiger partial charge >= 0.3 is 0 Å². The van der Waals surface area contributed by atoms with Gasteiger partial charge in [-0.2, -0.15) is 0 Å². The molecule has 0 bridgehead atoms. The fourth-order valence-electron chi connectivity index (χ4n) is 3.73. The predicted octanol–water partition coefficient (Wildman–Crippen LogP) is 4.53. The third kappa shape index (κ3) is 3.05. The summed E-state index contributed by atoms with van der Waals surface area (Å²) in [5, 5.41) is 0.669. The van der Waals surface area contributed by atoms with Crippen LogP contribution in [0.5, 0.6) is 0 Å². The van der Waals surface area contributed by atoms with Gasteiger partial charge in [-0.3, -0.25) is 14.5 Å². The topological polar surface area (TPSA) is 45.2 Å². The number of carbonyl (C=O) groups is 1. The molecule has 1 unspecified atom stereocenters. The van der Waals surface area contributed by atoms with Crippen molar-refractivity contribution in [3.05, 3.63) is 57.9 Å². The van der Waals surface area contributed by atoms with Crippen molar-refractivity contribution in [3.8, 4) is 0 Å². The molecule has 1 aliphatic carbocycles. The van der Waals surface area contributed by atoms with Gasteiger partial charge in [0.2, 0.25) is 0 Å². The average molecular weight is 374 g/mol. The lowest BCUT2D eigenvalue weighted by molar-refractivity contribution is 0.0996. The summed E-state index contributed by atoms with van der Waals surface area (Å²) >= 11 is 7.83. The molecule has 0 fully saturated rings. The fraction of sp³-hybridized carbons (Fsp3) is 0.368. The summed E-state index contributed by atoms with van der Waals surface area (Å²) in [4.78, 5) is 19.2. The Bertz CT molecular complexity index is 826. The van der Waals surface area contributed by atoms with E-state index in [1.165, 1.54) is 11.1 Å². The number of pyridine rings is 1. The van der Waals surface area contributed by atoms with E-state index in [1.807, 2.05) is 29.4 Å². The van der Waals surface area contributed by atoms with Crippen LogP contribution in [0.4, 0.5) is 5.69 Å². The van der Waals surface area contributed by atoms with E-state index in [-0.39, 0.29) is 5.91 Å². The van der Waals surface area contributed by atoms with Gasteiger partial charge in [0.25, 0.3) is 5.91 Å². The van der Waals surface area contributed by atoms with Crippen LogP contribution in [0.25, 0.3) is 0 Å². The zero-order chi connectivity index (χ0) is 17.4. The van der Waals surface area contributed by atoms with E-state index < -0.39 is 0 Å². The number of aromatic nitrogens is 1. The number of rotatable bonds is 4. The molecule has 6 heteroatoms. The van der Waals surface area contributed by atoms with Crippen molar-refractivity contribution in [2.75, 3.05) is 10.7 Å². The molecule has 4 rings (SSSR count). The van der Waals surface area contributed by atoms with Crippen LogP contribution in [0.3, 0.4) is 0 Å². The minimum atomic E-state index is 0.0416. The molecule has 1 aromatic carbocycles. The van der Waals surface area contributed by atoms with Gasteiger partial charge in [-0.25, -0.2) is 0 Å². The predicted molar refractivity (Wildman–Crippen MR) is 103 cm³/mol. The Kier molecular flexibility index (Phi) is 4.71. The molecule has 25 heavy (non-hydrogen) atoms. The molecular weight excluding hydrogens is 354 g/mol. The maximum absolute atomic E-state index is 12.9. The van der Waals surface area contributed by atoms with Gasteiger partial charge in [-0.05, 0) is 54.2 Å². The molecular formula is C19H20ClN3OS. The van der Waals surface area contributed by atoms with Crippen molar-refractivity contribution >= 4 is 35.1 Å². The largest absolute Gasteiger partial charge is 0.302 e. The first-order chi connectivity index (χ1) is 12.2. The van der Waals surface area contributed by atoms with E-state index >= 15 is 0 Å². The van der Waals surface area contributed by atoms with Crippen LogP contribution in [0, 0.1) is 0 Å². The molecule has 2 aliphatic rings. The lowest BCUT2D eigenvalue weighted by Gasteiger charge is -2.29. The molecule has 0 saturated carbocycles. The maximum atomic E-state index is 12.9. The first-order valence-electron chi connectivity index (χ1n) is 8.63. The van der Waals surface area contributed by atoms with E-state index in [9.17, 15) is 4.79 Å². The molecule has 0 spiro atoms. The quantitative estimate of drug-likeness (QED) is 0.800. The summed E-state index contributed by atoms with van der Waals surface area (Å²) in [6.45, 7) is 2.70. The van der Waals surface area contributed by atoms with Crippen LogP contribution in [0.15, 0.2) is 30.6 Å². The van der Waals surface area contributed by atoms with Gasteiger partial charge in [-0.1, -0.05) is 30.5 Å². The highest BCUT2D eigenvalue weighted by Gasteiger charge is 2.32. The molecule has 1 N–H and O–H groups in total. The first kappa shape index (κ1) is 16.9. The van der Waals surface area contributed by atoms with Crippen molar-refractivity contribution in [3.63, 3.8) is 0 Å². The Balaban J connectivity index is 1.70. The summed E-state index contributed by atoms with van der Waals surface area (Å²) < 4.78 is 3.54. The minimum Gasteiger partial charge on any atom is -0.302 e. The Morgan fingerprint density at radius 2 is 2.28 bits per heavy atom. The van der Waals surface area contributed by atoms with Crippen LogP contribution < -0.4 is 9.62 Å². The normalized spacial score (nSPS) is 19.0. The van der Waals surface area contributed by atoms with Crippen molar-refractivity contribution in [2.24, 2.45) is 0 Å². The molecule has 1 aliphatic heterocycles. The van der Waals surface area contributed by atoms with Gasteiger partial charge in [-0.15, -0.1) is 0 Å². The molecule has 2 aromatic rings. The number of hydrogen-bond acceptors (Lipinski definition) is 4. The second kappa shape index (κ2) is 6.98. The summed E-state index contributed by atoms with van der Waals surface area (Å²) in [6.07, 6.45) is 7.00. The smallest absolute Gasteiger partial charge is 0.258 e. The van der Waals surface area contributed by atoms with Crippen LogP contribution in [-0.2, 0) is 13.0 Å². The summed E-state index contributed by atoms with van der Waals surface area (Å²) in [7, 11) is 0. The number of hydrogen-bond donors (Lipinski definition) is 1. The SMILES string of the molecule is CCSNC1CCCc2c1cncc2N1Cc2cc(Cl)ccc2C1=O. The fourth-order valence-corrected chi connectivity index (χ4v) is 4.53. The summed E-state index contributed by atoms with van der Waals surface area (Å²) in [6, 6.07) is 5.79. The van der Waals surface area contributed by atoms with E-state index in [2.05, 4.69) is 16.6 Å². The zero-order valence-corrected chi connectivity index (χ0v) is 15.7. The van der Waals surface area contributed by atoms with E-state index in [0.717, 1.165) is 41.8 Å². The van der Waals surface area contributed by atoms with Gasteiger partial charge in [0.15, 0.2) is 0 Å². The molecule has 0 saturated heterocycles. The Morgan fingerprint density at radius 3 is 3.12 bits per heavy atom. The number of fused-ring (bicyclic) bond motifs is 2. The summed E-state index contributed by atoms with van der Waals surface area (Å²) in [5.74, 6) is 1.07. The van der Waals surface area contributed by atoms with Crippen molar-refractivity contribution in [2.45, 2.75) is 38.8 Å². The number of carbonyl (C=O) groups excluding carboxylic acids is 1. The first-order valence-corrected chi connectivity index (χ1v) is 9.99. The van der Waals surface area contributed by atoms with Gasteiger partial charge in [0, 0.05) is 28.6 Å². The third-order valence-electron chi connectivity index (χ3n) is 4.90. The highest BCUT2D eigenvalue weighted by Crippen LogP contribution is 2.38. The lowest BCUT2D eigenvalue weighted by atomic mass is 9.88. The van der Waals surface area contributed by atoms with Crippen LogP contribution in [0.1, 0.15) is 52.9 Å². The van der Waals surface area contributed by atoms with Gasteiger partial charge < -0.3 is 4.90 Å². The van der Waals surface area contributed by atoms with Gasteiger partial charge in [0.05, 0.1) is 18.4 Å². The lowest BCUT2D eigenvalue weighted by Crippen LogP contribution is -2.27. The number of benzene rings is 1. The van der Waals surface area contributed by atoms with Gasteiger partial charge in [0.1, 0.15) is 0 Å². The Hall–Kier alpha value is -1.56. The van der Waals surface area contributed by atoms with Crippen molar-refractivity contribution in [1.29, 1.82) is 0 Å². The highest BCUT2D eigenvalue weighted by molar-refractivity contribution is 7.97. The molecule has 4 nitrogen and oxygen atoms in total. The highest BCUT2D eigenvalue weighted by atomic mass is 35.5. The molecule has 2 heterocycles. The second-order valence-corrected chi connectivity index (χ2v) is 7.95. The Labute approximate surface area is 157 Å². The van der Waals surface area contributed by atoms with E-state index in [4.69, 9.17) is 11.6 Å². The van der Waals surface area contributed by atoms with Crippen LogP contribution >= 0.6 is 23.5 Å². The van der Waals surface area contributed by atoms with E-state index in [1.54, 1.807) is 18.0 Å². The zero-order valence-electron chi connectivity index (χ0n) is 14.1. The second-order valence-electron chi connectivity index (χ2n) is 6.41. The Morgan fingerprint density at radius 1 is 1.40 bits per heavy atom. The van der Waals surface area contributed by atoms with Crippen molar-refractivity contribution < 1.29 is 4.79 Å². The van der Waals surface area contributed by atoms with Crippen LogP contribution in [-0.4, -0.2) is 16.6 Å². The van der Waals surface area contributed by atoms with E-state index in [0.29, 0.717) is 17.6 Å². The number of amides is 1. The number of anilines is 1. The molecule has 130 valence electrons. The van der Waals surface area contributed by atoms with Crippen LogP contribution in [0.2, 0.25) is 5.02 Å². The molecule has 1 atom stereocenters. The standard InChI is InChI=1S/C19H20ClN3OS/c1-2-25-22-17-5-3-4-15-16(17)9-21-10-18(15)23-11-12-8-13(20)6-7-14(12)19(23)24/h6-10,17,22H,2-5,11H2,1H3. The van der Waals surface area contributed by atoms with Crippen molar-refractivity contribution in [1.82, 2.24) is 9.71 Å². The monoisotopic (exact) mass is 373 g/mol. The molecule has 0 radical (unpaired) electrons. The maximum Gasteiger partial charge on any atom is 0.258 e. The number of halogens is 1. The summed E-state index contributed by atoms with van der Waals surface area (Å²) in [5.41, 5.74) is 5.16. The number of nitrogens with zero attached hydrogens (tertiary/aromatic N) is 2. The minimum absolute atomic E-state index is 0.0416. The molecule has 1 aromatic heterocycles. The average Bonchev–Trinajstić information content (AvgIpc) is 2.95.